The van der Waals surface area contributed by atoms with Crippen LogP contribution in [0.3, 0.4) is 0 Å². The van der Waals surface area contributed by atoms with Crippen molar-refractivity contribution in [2.45, 2.75) is 44.9 Å². The second-order valence-electron chi connectivity index (χ2n) is 5.19. The zero-order chi connectivity index (χ0) is 13.2. The summed E-state index contributed by atoms with van der Waals surface area (Å²) >= 11 is 1.39. The number of rotatable bonds is 4. The summed E-state index contributed by atoms with van der Waals surface area (Å²) in [5, 5.41) is 14.5. The van der Waals surface area contributed by atoms with Gasteiger partial charge in [-0.1, -0.05) is 43.4 Å². The van der Waals surface area contributed by atoms with Crippen molar-refractivity contribution < 1.29 is 5.11 Å². The van der Waals surface area contributed by atoms with Gasteiger partial charge in [-0.15, -0.1) is 0 Å². The van der Waals surface area contributed by atoms with Crippen LogP contribution in [0, 0.1) is 5.92 Å². The third-order valence-electron chi connectivity index (χ3n) is 3.75. The van der Waals surface area contributed by atoms with E-state index in [-0.39, 0.29) is 11.4 Å². The molecule has 0 radical (unpaired) electrons. The highest BCUT2D eigenvalue weighted by molar-refractivity contribution is 7.16. The third kappa shape index (κ3) is 2.78. The van der Waals surface area contributed by atoms with Gasteiger partial charge < -0.3 is 5.11 Å². The first-order chi connectivity index (χ1) is 9.22. The maximum Gasteiger partial charge on any atom is 0.278 e. The Morgan fingerprint density at radius 1 is 1.42 bits per heavy atom. The lowest BCUT2D eigenvalue weighted by atomic mass is 10.0. The minimum Gasteiger partial charge on any atom is -0.493 e. The molecule has 3 rings (SSSR count). The number of aromatic nitrogens is 3. The third-order valence-corrected chi connectivity index (χ3v) is 4.72. The van der Waals surface area contributed by atoms with Crippen LogP contribution in [0.5, 0.6) is 5.88 Å². The monoisotopic (exact) mass is 279 g/mol. The molecule has 2 heterocycles. The van der Waals surface area contributed by atoms with E-state index in [1.165, 1.54) is 48.0 Å². The van der Waals surface area contributed by atoms with Gasteiger partial charge in [-0.05, 0) is 12.3 Å². The van der Waals surface area contributed by atoms with Crippen LogP contribution in [0.15, 0.2) is 10.9 Å². The normalized spacial score (nSPS) is 16.4. The van der Waals surface area contributed by atoms with Gasteiger partial charge in [0.2, 0.25) is 10.8 Å². The van der Waals surface area contributed by atoms with E-state index in [1.54, 1.807) is 0 Å². The Balaban J connectivity index is 1.67. The molecule has 1 saturated carbocycles. The Labute approximate surface area is 114 Å². The summed E-state index contributed by atoms with van der Waals surface area (Å²) in [6, 6.07) is 1.09. The van der Waals surface area contributed by atoms with Gasteiger partial charge >= 0.3 is 0 Å². The molecule has 2 aromatic rings. The van der Waals surface area contributed by atoms with Gasteiger partial charge in [0.25, 0.3) is 5.56 Å². The molecular weight excluding hydrogens is 262 g/mol. The van der Waals surface area contributed by atoms with Crippen LogP contribution in [0.25, 0.3) is 4.96 Å². The SMILES string of the molecule is O=c1cc(O)nc2sc(CCCC3CCCC3)nn12. The molecule has 0 aromatic carbocycles. The van der Waals surface area contributed by atoms with Crippen LogP contribution in [-0.4, -0.2) is 19.7 Å². The quantitative estimate of drug-likeness (QED) is 0.933. The molecule has 0 aliphatic heterocycles. The fraction of sp³-hybridized carbons (Fsp3) is 0.615. The Hall–Kier alpha value is -1.43. The van der Waals surface area contributed by atoms with E-state index in [2.05, 4.69) is 10.1 Å². The van der Waals surface area contributed by atoms with E-state index in [1.807, 2.05) is 0 Å². The number of aromatic hydroxyl groups is 1. The maximum atomic E-state index is 11.6. The summed E-state index contributed by atoms with van der Waals surface area (Å²) in [6.45, 7) is 0. The average molecular weight is 279 g/mol. The molecule has 0 bridgehead atoms. The highest BCUT2D eigenvalue weighted by atomic mass is 32.1. The largest absolute Gasteiger partial charge is 0.493 e. The molecule has 1 aliphatic carbocycles. The lowest BCUT2D eigenvalue weighted by Crippen LogP contribution is -2.13. The summed E-state index contributed by atoms with van der Waals surface area (Å²) in [6.07, 6.45) is 8.76. The topological polar surface area (TPSA) is 67.5 Å². The van der Waals surface area contributed by atoms with Gasteiger partial charge in [0.15, 0.2) is 0 Å². The fourth-order valence-corrected chi connectivity index (χ4v) is 3.72. The van der Waals surface area contributed by atoms with Crippen molar-refractivity contribution in [1.29, 1.82) is 0 Å². The standard InChI is InChI=1S/C13H17N3O2S/c17-10-8-12(18)16-13(14-10)19-11(15-16)7-3-6-9-4-1-2-5-9/h8-9,17H,1-7H2. The van der Waals surface area contributed by atoms with Gasteiger partial charge in [-0.3, -0.25) is 4.79 Å². The maximum absolute atomic E-state index is 11.6. The number of nitrogens with zero attached hydrogens (tertiary/aromatic N) is 3. The van der Waals surface area contributed by atoms with Crippen LogP contribution in [0.4, 0.5) is 0 Å². The number of aryl methyl sites for hydroxylation is 1. The van der Waals surface area contributed by atoms with E-state index in [9.17, 15) is 9.90 Å². The van der Waals surface area contributed by atoms with Crippen molar-refractivity contribution in [3.8, 4) is 5.88 Å². The second kappa shape index (κ2) is 5.28. The first-order valence-electron chi connectivity index (χ1n) is 6.81. The lowest BCUT2D eigenvalue weighted by molar-refractivity contribution is 0.452. The lowest BCUT2D eigenvalue weighted by Gasteiger charge is -2.06. The fourth-order valence-electron chi connectivity index (χ4n) is 2.78. The van der Waals surface area contributed by atoms with Crippen LogP contribution in [0.1, 0.15) is 43.5 Å². The predicted octanol–water partition coefficient (Wildman–Crippen LogP) is 2.37. The molecule has 6 heteroatoms. The molecule has 0 spiro atoms. The molecule has 1 fully saturated rings. The molecule has 5 nitrogen and oxygen atoms in total. The summed E-state index contributed by atoms with van der Waals surface area (Å²) in [5.41, 5.74) is -0.319. The van der Waals surface area contributed by atoms with E-state index in [0.29, 0.717) is 4.96 Å². The van der Waals surface area contributed by atoms with Gasteiger partial charge in [0.05, 0.1) is 6.07 Å². The van der Waals surface area contributed by atoms with E-state index in [4.69, 9.17) is 0 Å². The van der Waals surface area contributed by atoms with Crippen molar-refractivity contribution in [2.75, 3.05) is 0 Å². The predicted molar refractivity (Wildman–Crippen MR) is 73.7 cm³/mol. The average Bonchev–Trinajstić information content (AvgIpc) is 2.98. The van der Waals surface area contributed by atoms with Crippen molar-refractivity contribution in [3.05, 3.63) is 21.4 Å². The first kappa shape index (κ1) is 12.6. The molecule has 102 valence electrons. The molecule has 0 saturated heterocycles. The van der Waals surface area contributed by atoms with Gasteiger partial charge in [-0.2, -0.15) is 14.6 Å². The van der Waals surface area contributed by atoms with Crippen molar-refractivity contribution in [1.82, 2.24) is 14.6 Å². The molecule has 0 atom stereocenters. The highest BCUT2D eigenvalue weighted by Crippen LogP contribution is 2.29. The molecule has 19 heavy (non-hydrogen) atoms. The van der Waals surface area contributed by atoms with E-state index in [0.717, 1.165) is 29.8 Å². The summed E-state index contributed by atoms with van der Waals surface area (Å²) in [4.78, 5) is 16.0. The molecule has 1 N–H and O–H groups in total. The summed E-state index contributed by atoms with van der Waals surface area (Å²) in [7, 11) is 0. The van der Waals surface area contributed by atoms with E-state index >= 15 is 0 Å². The number of fused-ring (bicyclic) bond motifs is 1. The molecule has 2 aromatic heterocycles. The zero-order valence-electron chi connectivity index (χ0n) is 10.7. The zero-order valence-corrected chi connectivity index (χ0v) is 11.5. The van der Waals surface area contributed by atoms with Gasteiger partial charge in [0, 0.05) is 6.42 Å². The highest BCUT2D eigenvalue weighted by Gasteiger charge is 2.15. The summed E-state index contributed by atoms with van der Waals surface area (Å²) < 4.78 is 1.27. The van der Waals surface area contributed by atoms with Crippen LogP contribution < -0.4 is 5.56 Å². The van der Waals surface area contributed by atoms with Crippen molar-refractivity contribution in [3.63, 3.8) is 0 Å². The second-order valence-corrected chi connectivity index (χ2v) is 6.23. The molecular formula is C13H17N3O2S. The molecule has 0 amide bonds. The Morgan fingerprint density at radius 3 is 3.00 bits per heavy atom. The summed E-state index contributed by atoms with van der Waals surface area (Å²) in [5.74, 6) is 0.658. The van der Waals surface area contributed by atoms with Crippen LogP contribution in [-0.2, 0) is 6.42 Å². The minimum absolute atomic E-state index is 0.230. The smallest absolute Gasteiger partial charge is 0.278 e. The van der Waals surface area contributed by atoms with Crippen LogP contribution >= 0.6 is 11.3 Å². The number of hydrogen-bond acceptors (Lipinski definition) is 5. The number of hydrogen-bond donors (Lipinski definition) is 1. The van der Waals surface area contributed by atoms with Gasteiger partial charge in [-0.25, -0.2) is 0 Å². The van der Waals surface area contributed by atoms with E-state index < -0.39 is 0 Å². The minimum atomic E-state index is -0.319. The van der Waals surface area contributed by atoms with Crippen molar-refractivity contribution in [2.24, 2.45) is 5.92 Å². The van der Waals surface area contributed by atoms with Crippen LogP contribution in [0.2, 0.25) is 0 Å². The van der Waals surface area contributed by atoms with Crippen molar-refractivity contribution >= 4 is 16.3 Å². The first-order valence-corrected chi connectivity index (χ1v) is 7.63. The Morgan fingerprint density at radius 2 is 2.21 bits per heavy atom. The Bertz CT molecular complexity index is 628. The Kier molecular flexibility index (Phi) is 3.50. The molecule has 1 aliphatic rings. The molecule has 0 unspecified atom stereocenters. The van der Waals surface area contributed by atoms with Gasteiger partial charge in [0.1, 0.15) is 5.01 Å².